The number of hydrogen-bond donors (Lipinski definition) is 1. The number of carbonyl (C=O) groups is 1. The second-order valence-corrected chi connectivity index (χ2v) is 6.01. The van der Waals surface area contributed by atoms with Gasteiger partial charge in [0.25, 0.3) is 5.91 Å². The molecule has 19 heavy (non-hydrogen) atoms. The Bertz CT molecular complexity index is 601. The molecule has 2 nitrogen and oxygen atoms in total. The highest BCUT2D eigenvalue weighted by Gasteiger charge is 2.08. The van der Waals surface area contributed by atoms with Gasteiger partial charge < -0.3 is 5.32 Å². The lowest BCUT2D eigenvalue weighted by Gasteiger charge is -2.08. The third-order valence-corrected chi connectivity index (χ3v) is 4.10. The number of thioether (sulfide) groups is 1. The third-order valence-electron chi connectivity index (χ3n) is 2.53. The van der Waals surface area contributed by atoms with Crippen LogP contribution in [0.5, 0.6) is 0 Å². The van der Waals surface area contributed by atoms with E-state index in [-0.39, 0.29) is 5.91 Å². The van der Waals surface area contributed by atoms with E-state index < -0.39 is 0 Å². The highest BCUT2D eigenvalue weighted by Crippen LogP contribution is 2.26. The van der Waals surface area contributed by atoms with E-state index in [1.165, 1.54) is 0 Å². The van der Waals surface area contributed by atoms with E-state index in [1.807, 2.05) is 24.5 Å². The van der Waals surface area contributed by atoms with Crippen LogP contribution in [0.3, 0.4) is 0 Å². The summed E-state index contributed by atoms with van der Waals surface area (Å²) in [5.41, 5.74) is 1.20. The average Bonchev–Trinajstić information content (AvgIpc) is 2.43. The van der Waals surface area contributed by atoms with Crippen molar-refractivity contribution in [1.29, 1.82) is 0 Å². The second-order valence-electron chi connectivity index (χ2n) is 3.81. The molecule has 0 unspecified atom stereocenters. The zero-order chi connectivity index (χ0) is 13.8. The lowest BCUT2D eigenvalue weighted by Crippen LogP contribution is -2.12. The van der Waals surface area contributed by atoms with Crippen LogP contribution in [0, 0.1) is 0 Å². The van der Waals surface area contributed by atoms with Crippen LogP contribution in [-0.2, 0) is 0 Å². The van der Waals surface area contributed by atoms with Crippen LogP contribution in [0.15, 0.2) is 51.8 Å². The van der Waals surface area contributed by atoms with Gasteiger partial charge in [0.15, 0.2) is 0 Å². The van der Waals surface area contributed by atoms with Crippen molar-refractivity contribution in [3.05, 3.63) is 57.5 Å². The van der Waals surface area contributed by atoms with Crippen LogP contribution in [0.4, 0.5) is 5.69 Å². The molecule has 0 atom stereocenters. The molecule has 0 aromatic heterocycles. The second kappa shape index (κ2) is 6.46. The van der Waals surface area contributed by atoms with Crippen molar-refractivity contribution >= 4 is 50.9 Å². The Hall–Kier alpha value is -0.970. The molecule has 0 saturated carbocycles. The van der Waals surface area contributed by atoms with E-state index in [4.69, 9.17) is 11.6 Å². The molecular formula is C14H11BrClNOS. The van der Waals surface area contributed by atoms with Gasteiger partial charge in [-0.25, -0.2) is 0 Å². The van der Waals surface area contributed by atoms with Crippen LogP contribution >= 0.6 is 39.3 Å². The first-order chi connectivity index (χ1) is 9.10. The van der Waals surface area contributed by atoms with Crippen molar-refractivity contribution in [2.24, 2.45) is 0 Å². The number of rotatable bonds is 3. The van der Waals surface area contributed by atoms with E-state index >= 15 is 0 Å². The zero-order valence-electron chi connectivity index (χ0n) is 10.1. The first kappa shape index (κ1) is 14.4. The van der Waals surface area contributed by atoms with Gasteiger partial charge in [0.05, 0.1) is 10.7 Å². The number of amides is 1. The molecule has 0 spiro atoms. The van der Waals surface area contributed by atoms with E-state index in [0.717, 1.165) is 9.37 Å². The van der Waals surface area contributed by atoms with Crippen molar-refractivity contribution < 1.29 is 4.79 Å². The van der Waals surface area contributed by atoms with Crippen LogP contribution in [0.2, 0.25) is 5.02 Å². The van der Waals surface area contributed by atoms with Gasteiger partial charge in [0.2, 0.25) is 0 Å². The number of carbonyl (C=O) groups excluding carboxylic acids is 1. The summed E-state index contributed by atoms with van der Waals surface area (Å²) >= 11 is 11.0. The molecule has 0 aliphatic heterocycles. The lowest BCUT2D eigenvalue weighted by atomic mass is 10.2. The summed E-state index contributed by atoms with van der Waals surface area (Å²) in [4.78, 5) is 13.2. The number of nitrogens with one attached hydrogen (secondary N) is 1. The minimum absolute atomic E-state index is 0.173. The topological polar surface area (TPSA) is 29.1 Å². The fourth-order valence-corrected chi connectivity index (χ4v) is 2.46. The molecule has 0 aliphatic rings. The Balaban J connectivity index is 2.18. The largest absolute Gasteiger partial charge is 0.321 e. The first-order valence-electron chi connectivity index (χ1n) is 5.50. The molecule has 0 fully saturated rings. The first-order valence-corrected chi connectivity index (χ1v) is 7.90. The van der Waals surface area contributed by atoms with Gasteiger partial charge >= 0.3 is 0 Å². The average molecular weight is 357 g/mol. The molecule has 2 aromatic carbocycles. The Morgan fingerprint density at radius 2 is 1.89 bits per heavy atom. The maximum atomic E-state index is 12.1. The summed E-state index contributed by atoms with van der Waals surface area (Å²) in [6, 6.07) is 12.8. The summed E-state index contributed by atoms with van der Waals surface area (Å²) in [7, 11) is 0. The molecule has 1 N–H and O–H groups in total. The minimum atomic E-state index is -0.173. The van der Waals surface area contributed by atoms with Gasteiger partial charge in [0.1, 0.15) is 0 Å². The molecule has 1 amide bonds. The number of hydrogen-bond acceptors (Lipinski definition) is 2. The van der Waals surface area contributed by atoms with Gasteiger partial charge in [-0.3, -0.25) is 4.79 Å². The van der Waals surface area contributed by atoms with E-state index in [0.29, 0.717) is 16.3 Å². The number of benzene rings is 2. The molecule has 5 heteroatoms. The number of halogens is 2. The molecule has 0 radical (unpaired) electrons. The monoisotopic (exact) mass is 355 g/mol. The molecule has 0 bridgehead atoms. The zero-order valence-corrected chi connectivity index (χ0v) is 13.3. The van der Waals surface area contributed by atoms with Crippen molar-refractivity contribution in [1.82, 2.24) is 0 Å². The van der Waals surface area contributed by atoms with Crippen LogP contribution < -0.4 is 5.32 Å². The van der Waals surface area contributed by atoms with Crippen LogP contribution in [-0.4, -0.2) is 12.2 Å². The fourth-order valence-electron chi connectivity index (χ4n) is 1.53. The summed E-state index contributed by atoms with van der Waals surface area (Å²) in [5.74, 6) is -0.173. The summed E-state index contributed by atoms with van der Waals surface area (Å²) < 4.78 is 0.866. The summed E-state index contributed by atoms with van der Waals surface area (Å²) in [6.07, 6.45) is 2.00. The van der Waals surface area contributed by atoms with E-state index in [9.17, 15) is 4.79 Å². The minimum Gasteiger partial charge on any atom is -0.321 e. The standard InChI is InChI=1S/C14H11BrClNOS/c1-19-11-5-2-9(3-6-11)14(18)17-13-8-10(15)4-7-12(13)16/h2-8H,1H3,(H,17,18). The van der Waals surface area contributed by atoms with Gasteiger partial charge in [-0.05, 0) is 48.7 Å². The quantitative estimate of drug-likeness (QED) is 0.777. The van der Waals surface area contributed by atoms with Gasteiger partial charge in [0, 0.05) is 14.9 Å². The van der Waals surface area contributed by atoms with Crippen LogP contribution in [0.1, 0.15) is 10.4 Å². The highest BCUT2D eigenvalue weighted by atomic mass is 79.9. The molecule has 0 aliphatic carbocycles. The number of anilines is 1. The maximum Gasteiger partial charge on any atom is 0.255 e. The fraction of sp³-hybridized carbons (Fsp3) is 0.0714. The van der Waals surface area contributed by atoms with E-state index in [2.05, 4.69) is 21.2 Å². The Kier molecular flexibility index (Phi) is 4.91. The predicted molar refractivity (Wildman–Crippen MR) is 85.3 cm³/mol. The van der Waals surface area contributed by atoms with Crippen molar-refractivity contribution in [3.63, 3.8) is 0 Å². The molecular weight excluding hydrogens is 346 g/mol. The van der Waals surface area contributed by atoms with Gasteiger partial charge in [-0.2, -0.15) is 0 Å². The summed E-state index contributed by atoms with van der Waals surface area (Å²) in [5, 5.41) is 3.31. The molecule has 2 aromatic rings. The molecule has 0 heterocycles. The lowest BCUT2D eigenvalue weighted by molar-refractivity contribution is 0.102. The van der Waals surface area contributed by atoms with Gasteiger partial charge in [-0.15, -0.1) is 11.8 Å². The smallest absolute Gasteiger partial charge is 0.255 e. The maximum absolute atomic E-state index is 12.1. The van der Waals surface area contributed by atoms with Crippen molar-refractivity contribution in [3.8, 4) is 0 Å². The molecule has 0 saturated heterocycles. The van der Waals surface area contributed by atoms with E-state index in [1.54, 1.807) is 36.0 Å². The third kappa shape index (κ3) is 3.75. The Morgan fingerprint density at radius 3 is 2.53 bits per heavy atom. The normalized spacial score (nSPS) is 10.3. The van der Waals surface area contributed by atoms with Crippen molar-refractivity contribution in [2.45, 2.75) is 4.90 Å². The SMILES string of the molecule is CSc1ccc(C(=O)Nc2cc(Br)ccc2Cl)cc1. The summed E-state index contributed by atoms with van der Waals surface area (Å²) in [6.45, 7) is 0. The van der Waals surface area contributed by atoms with Gasteiger partial charge in [-0.1, -0.05) is 27.5 Å². The predicted octanol–water partition coefficient (Wildman–Crippen LogP) is 5.08. The Labute approximate surface area is 129 Å². The molecule has 2 rings (SSSR count). The van der Waals surface area contributed by atoms with Crippen LogP contribution in [0.25, 0.3) is 0 Å². The van der Waals surface area contributed by atoms with Crippen molar-refractivity contribution in [2.75, 3.05) is 11.6 Å². The highest BCUT2D eigenvalue weighted by molar-refractivity contribution is 9.10. The Morgan fingerprint density at radius 1 is 1.21 bits per heavy atom. The molecule has 98 valence electrons.